The second-order valence-corrected chi connectivity index (χ2v) is 6.59. The van der Waals surface area contributed by atoms with Gasteiger partial charge in [0, 0.05) is 12.1 Å². The summed E-state index contributed by atoms with van der Waals surface area (Å²) in [6.45, 7) is 2.22. The van der Waals surface area contributed by atoms with Gasteiger partial charge in [-0.1, -0.05) is 47.5 Å². The van der Waals surface area contributed by atoms with Gasteiger partial charge in [0.25, 0.3) is 0 Å². The monoisotopic (exact) mass is 408 g/mol. The smallest absolute Gasteiger partial charge is 0.417 e. The summed E-state index contributed by atoms with van der Waals surface area (Å²) in [7, 11) is 1.32. The van der Waals surface area contributed by atoms with E-state index in [1.54, 1.807) is 4.57 Å². The molecule has 0 bridgehead atoms. The molecule has 3 rings (SSSR count). The zero-order valence-corrected chi connectivity index (χ0v) is 15.8. The molecular weight excluding hydrogens is 393 g/mol. The van der Waals surface area contributed by atoms with E-state index in [0.717, 1.165) is 17.2 Å². The number of methoxy groups -OCH3 is 1. The topological polar surface area (TPSA) is 44.1 Å². The van der Waals surface area contributed by atoms with Crippen molar-refractivity contribution in [2.45, 2.75) is 19.6 Å². The van der Waals surface area contributed by atoms with Gasteiger partial charge in [0.2, 0.25) is 5.75 Å². The predicted molar refractivity (Wildman–Crippen MR) is 101 cm³/mol. The van der Waals surface area contributed by atoms with Crippen LogP contribution in [0.4, 0.5) is 13.2 Å². The third-order valence-electron chi connectivity index (χ3n) is 4.20. The minimum Gasteiger partial charge on any atom is -0.490 e. The van der Waals surface area contributed by atoms with Crippen molar-refractivity contribution in [3.05, 3.63) is 80.7 Å². The maximum absolute atomic E-state index is 13.2. The van der Waals surface area contributed by atoms with Crippen molar-refractivity contribution in [3.63, 3.8) is 0 Å². The number of alkyl halides is 3. The van der Waals surface area contributed by atoms with E-state index < -0.39 is 22.3 Å². The number of nitrogens with zero attached hydrogens (tertiary/aromatic N) is 2. The minimum atomic E-state index is -4.62. The zero-order valence-electron chi connectivity index (χ0n) is 15.0. The van der Waals surface area contributed by atoms with Crippen molar-refractivity contribution < 1.29 is 17.9 Å². The van der Waals surface area contributed by atoms with Gasteiger partial charge in [-0.05, 0) is 24.6 Å². The summed E-state index contributed by atoms with van der Waals surface area (Å²) in [5.74, 6) is 0.0152. The summed E-state index contributed by atoms with van der Waals surface area (Å²) in [4.78, 5) is 16.1. The average molecular weight is 409 g/mol. The third-order valence-corrected chi connectivity index (χ3v) is 4.61. The van der Waals surface area contributed by atoms with Crippen LogP contribution in [0, 0.1) is 6.92 Å². The molecule has 8 heteroatoms. The first-order chi connectivity index (χ1) is 13.2. The number of hydrogen-bond acceptors (Lipinski definition) is 3. The molecule has 0 atom stereocenters. The van der Waals surface area contributed by atoms with Crippen LogP contribution < -0.4 is 10.3 Å². The molecule has 0 aliphatic heterocycles. The van der Waals surface area contributed by atoms with Gasteiger partial charge >= 0.3 is 11.7 Å². The van der Waals surface area contributed by atoms with Gasteiger partial charge in [0.1, 0.15) is 5.82 Å². The highest BCUT2D eigenvalue weighted by Crippen LogP contribution is 2.39. The maximum Gasteiger partial charge on any atom is 0.417 e. The van der Waals surface area contributed by atoms with Crippen LogP contribution in [-0.2, 0) is 12.7 Å². The molecule has 1 heterocycles. The van der Waals surface area contributed by atoms with Crippen LogP contribution in [0.5, 0.6) is 5.75 Å². The fourth-order valence-corrected chi connectivity index (χ4v) is 3.08. The lowest BCUT2D eigenvalue weighted by Crippen LogP contribution is -2.18. The average Bonchev–Trinajstić information content (AvgIpc) is 2.64. The van der Waals surface area contributed by atoms with E-state index >= 15 is 0 Å². The van der Waals surface area contributed by atoms with E-state index in [4.69, 9.17) is 16.3 Å². The van der Waals surface area contributed by atoms with Crippen molar-refractivity contribution in [1.29, 1.82) is 0 Å². The highest BCUT2D eigenvalue weighted by Gasteiger charge is 2.34. The lowest BCUT2D eigenvalue weighted by molar-refractivity contribution is -0.137. The Kier molecular flexibility index (Phi) is 5.47. The fraction of sp³-hybridized carbons (Fsp3) is 0.200. The molecule has 0 spiro atoms. The van der Waals surface area contributed by atoms with Crippen LogP contribution in [0.3, 0.4) is 0 Å². The largest absolute Gasteiger partial charge is 0.490 e. The van der Waals surface area contributed by atoms with E-state index in [0.29, 0.717) is 0 Å². The molecule has 0 saturated heterocycles. The maximum atomic E-state index is 13.2. The van der Waals surface area contributed by atoms with E-state index in [1.165, 1.54) is 25.4 Å². The van der Waals surface area contributed by atoms with Gasteiger partial charge in [-0.15, -0.1) is 0 Å². The van der Waals surface area contributed by atoms with Gasteiger partial charge in [-0.3, -0.25) is 4.79 Å². The molecule has 0 radical (unpaired) electrons. The normalized spacial score (nSPS) is 11.5. The molecular formula is C20H16ClF3N2O2. The van der Waals surface area contributed by atoms with E-state index in [2.05, 4.69) is 4.98 Å². The Bertz CT molecular complexity index is 1060. The standard InChI is InChI=1S/C20H16ClF3N2O2/c1-12-6-8-13(9-7-12)10-26-11-16(28-2)19(27)25-18(26)14-4-3-5-15(17(14)21)20(22,23)24/h3-9,11H,10H2,1-2H3. The number of aryl methyl sites for hydroxylation is 1. The van der Waals surface area contributed by atoms with Crippen LogP contribution in [0.2, 0.25) is 5.02 Å². The van der Waals surface area contributed by atoms with Gasteiger partial charge < -0.3 is 9.30 Å². The summed E-state index contributed by atoms with van der Waals surface area (Å²) < 4.78 is 46.3. The molecule has 146 valence electrons. The first-order valence-electron chi connectivity index (χ1n) is 8.28. The van der Waals surface area contributed by atoms with Gasteiger partial charge in [0.15, 0.2) is 0 Å². The highest BCUT2D eigenvalue weighted by atomic mass is 35.5. The van der Waals surface area contributed by atoms with E-state index in [1.807, 2.05) is 31.2 Å². The Morgan fingerprint density at radius 2 is 1.82 bits per heavy atom. The third kappa shape index (κ3) is 4.04. The first kappa shape index (κ1) is 19.9. The quantitative estimate of drug-likeness (QED) is 0.613. The Morgan fingerprint density at radius 1 is 1.14 bits per heavy atom. The summed E-state index contributed by atoms with van der Waals surface area (Å²) in [6, 6.07) is 11.1. The number of rotatable bonds is 4. The lowest BCUT2D eigenvalue weighted by atomic mass is 10.1. The molecule has 2 aromatic carbocycles. The molecule has 0 fully saturated rings. The number of hydrogen-bond donors (Lipinski definition) is 0. The van der Waals surface area contributed by atoms with Crippen LogP contribution in [-0.4, -0.2) is 16.7 Å². The molecule has 0 saturated carbocycles. The van der Waals surface area contributed by atoms with Crippen LogP contribution >= 0.6 is 11.6 Å². The van der Waals surface area contributed by atoms with Gasteiger partial charge in [-0.25, -0.2) is 0 Å². The predicted octanol–water partition coefficient (Wildman–Crippen LogP) is 4.95. The summed E-state index contributed by atoms with van der Waals surface area (Å²) in [6.07, 6.45) is -3.21. The Morgan fingerprint density at radius 3 is 2.43 bits per heavy atom. The zero-order chi connectivity index (χ0) is 20.5. The Labute approximate surface area is 164 Å². The van der Waals surface area contributed by atoms with Crippen molar-refractivity contribution in [1.82, 2.24) is 9.55 Å². The Hall–Kier alpha value is -2.80. The van der Waals surface area contributed by atoms with Crippen molar-refractivity contribution in [3.8, 4) is 17.1 Å². The fourth-order valence-electron chi connectivity index (χ4n) is 2.76. The van der Waals surface area contributed by atoms with E-state index in [9.17, 15) is 18.0 Å². The molecule has 28 heavy (non-hydrogen) atoms. The van der Waals surface area contributed by atoms with Gasteiger partial charge in [-0.2, -0.15) is 18.2 Å². The molecule has 1 aromatic heterocycles. The molecule has 0 unspecified atom stereocenters. The van der Waals surface area contributed by atoms with Crippen LogP contribution in [0.1, 0.15) is 16.7 Å². The van der Waals surface area contributed by atoms with E-state index in [-0.39, 0.29) is 23.7 Å². The van der Waals surface area contributed by atoms with Crippen molar-refractivity contribution in [2.24, 2.45) is 0 Å². The minimum absolute atomic E-state index is 0.0149. The number of aromatic nitrogens is 2. The summed E-state index contributed by atoms with van der Waals surface area (Å²) >= 11 is 6.04. The second kappa shape index (κ2) is 7.67. The van der Waals surface area contributed by atoms with Crippen molar-refractivity contribution in [2.75, 3.05) is 7.11 Å². The summed E-state index contributed by atoms with van der Waals surface area (Å²) in [5, 5.41) is -0.510. The molecule has 0 amide bonds. The van der Waals surface area contributed by atoms with Gasteiger partial charge in [0.05, 0.1) is 23.9 Å². The molecule has 4 nitrogen and oxygen atoms in total. The number of halogens is 4. The number of ether oxygens (including phenoxy) is 1. The Balaban J connectivity index is 2.19. The SMILES string of the molecule is COc1cn(Cc2ccc(C)cc2)c(-c2cccc(C(F)(F)F)c2Cl)nc1=O. The lowest BCUT2D eigenvalue weighted by Gasteiger charge is -2.17. The van der Waals surface area contributed by atoms with Crippen LogP contribution in [0.15, 0.2) is 53.5 Å². The summed E-state index contributed by atoms with van der Waals surface area (Å²) in [5.41, 5.74) is 0.288. The molecule has 3 aromatic rings. The molecule has 0 aliphatic rings. The number of benzene rings is 2. The van der Waals surface area contributed by atoms with Crippen LogP contribution in [0.25, 0.3) is 11.4 Å². The first-order valence-corrected chi connectivity index (χ1v) is 8.65. The molecule has 0 aliphatic carbocycles. The highest BCUT2D eigenvalue weighted by molar-refractivity contribution is 6.34. The van der Waals surface area contributed by atoms with Crippen molar-refractivity contribution >= 4 is 11.6 Å². The second-order valence-electron chi connectivity index (χ2n) is 6.22. The molecule has 0 N–H and O–H groups in total.